The van der Waals surface area contributed by atoms with Crippen molar-refractivity contribution >= 4 is 23.3 Å². The minimum atomic E-state index is -0.700. The van der Waals surface area contributed by atoms with Crippen molar-refractivity contribution in [2.24, 2.45) is 5.73 Å². The van der Waals surface area contributed by atoms with Gasteiger partial charge < -0.3 is 10.6 Å². The number of carbonyl (C=O) groups excluding carboxylic acids is 1. The number of hydrogen-bond donors (Lipinski definition) is 2. The van der Waals surface area contributed by atoms with Gasteiger partial charge in [-0.25, -0.2) is 4.79 Å². The summed E-state index contributed by atoms with van der Waals surface area (Å²) in [5.74, 6) is -1.23. The standard InChI is InChI=1S/C14H12N4O4/c15-14(16)17(11-6-8-12(9-7-11)18(20)21)22-13(19)10-4-2-1-3-5-10/h1-9H,(H3,15,16). The van der Waals surface area contributed by atoms with E-state index in [-0.39, 0.29) is 16.9 Å². The van der Waals surface area contributed by atoms with Crippen LogP contribution in [0.1, 0.15) is 10.4 Å². The molecule has 3 N–H and O–H groups in total. The molecule has 0 bridgehead atoms. The van der Waals surface area contributed by atoms with Crippen molar-refractivity contribution in [2.75, 3.05) is 5.06 Å². The van der Waals surface area contributed by atoms with Crippen molar-refractivity contribution in [3.05, 3.63) is 70.3 Å². The number of hydrogen-bond acceptors (Lipinski definition) is 5. The Morgan fingerprint density at radius 1 is 1.14 bits per heavy atom. The van der Waals surface area contributed by atoms with Gasteiger partial charge in [0.15, 0.2) is 0 Å². The zero-order chi connectivity index (χ0) is 16.1. The summed E-state index contributed by atoms with van der Waals surface area (Å²) >= 11 is 0. The number of non-ortho nitro benzene ring substituents is 1. The first-order valence-corrected chi connectivity index (χ1v) is 6.15. The Labute approximate surface area is 125 Å². The van der Waals surface area contributed by atoms with Crippen LogP contribution in [0.15, 0.2) is 54.6 Å². The number of nitrogens with two attached hydrogens (primary N) is 1. The molecule has 2 rings (SSSR count). The van der Waals surface area contributed by atoms with Crippen LogP contribution in [-0.2, 0) is 4.84 Å². The Bertz CT molecular complexity index is 701. The lowest BCUT2D eigenvalue weighted by Gasteiger charge is -2.20. The van der Waals surface area contributed by atoms with Gasteiger partial charge in [0.05, 0.1) is 16.2 Å². The molecule has 0 saturated heterocycles. The fourth-order valence-electron chi connectivity index (χ4n) is 1.66. The van der Waals surface area contributed by atoms with E-state index < -0.39 is 16.9 Å². The van der Waals surface area contributed by atoms with E-state index in [2.05, 4.69) is 0 Å². The molecule has 0 amide bonds. The second kappa shape index (κ2) is 6.35. The lowest BCUT2D eigenvalue weighted by molar-refractivity contribution is -0.384. The molecular formula is C14H12N4O4. The quantitative estimate of drug-likeness (QED) is 0.387. The third-order valence-corrected chi connectivity index (χ3v) is 2.70. The second-order valence-corrected chi connectivity index (χ2v) is 4.20. The Kier molecular flexibility index (Phi) is 4.33. The first kappa shape index (κ1) is 15.0. The van der Waals surface area contributed by atoms with E-state index in [1.807, 2.05) is 0 Å². The van der Waals surface area contributed by atoms with Crippen LogP contribution in [0.4, 0.5) is 11.4 Å². The van der Waals surface area contributed by atoms with E-state index in [4.69, 9.17) is 16.0 Å². The van der Waals surface area contributed by atoms with Gasteiger partial charge in [0.2, 0.25) is 5.96 Å². The fraction of sp³-hybridized carbons (Fsp3) is 0. The number of rotatable bonds is 3. The number of benzene rings is 2. The molecule has 112 valence electrons. The molecule has 2 aromatic carbocycles. The van der Waals surface area contributed by atoms with Gasteiger partial charge in [-0.05, 0) is 24.3 Å². The molecule has 0 atom stereocenters. The molecular weight excluding hydrogens is 288 g/mol. The van der Waals surface area contributed by atoms with Crippen LogP contribution < -0.4 is 10.8 Å². The topological polar surface area (TPSA) is 123 Å². The van der Waals surface area contributed by atoms with Crippen molar-refractivity contribution in [1.82, 2.24) is 0 Å². The summed E-state index contributed by atoms with van der Waals surface area (Å²) in [6, 6.07) is 13.3. The third-order valence-electron chi connectivity index (χ3n) is 2.70. The highest BCUT2D eigenvalue weighted by molar-refractivity contribution is 5.96. The van der Waals surface area contributed by atoms with Crippen LogP contribution in [0.25, 0.3) is 0 Å². The SMILES string of the molecule is N=C(N)N(OC(=O)c1ccccc1)c1ccc([N+](=O)[O-])cc1. The lowest BCUT2D eigenvalue weighted by Crippen LogP contribution is -2.38. The molecule has 2 aromatic rings. The van der Waals surface area contributed by atoms with Gasteiger partial charge in [0.1, 0.15) is 0 Å². The van der Waals surface area contributed by atoms with E-state index in [0.29, 0.717) is 0 Å². The van der Waals surface area contributed by atoms with Crippen LogP contribution in [0, 0.1) is 15.5 Å². The van der Waals surface area contributed by atoms with E-state index >= 15 is 0 Å². The summed E-state index contributed by atoms with van der Waals surface area (Å²) in [5.41, 5.74) is 5.78. The minimum Gasteiger partial charge on any atom is -0.367 e. The number of nitrogens with zero attached hydrogens (tertiary/aromatic N) is 2. The molecule has 0 heterocycles. The first-order chi connectivity index (χ1) is 10.5. The van der Waals surface area contributed by atoms with Gasteiger partial charge in [-0.3, -0.25) is 15.5 Å². The van der Waals surface area contributed by atoms with Gasteiger partial charge in [-0.15, -0.1) is 5.06 Å². The molecule has 0 unspecified atom stereocenters. The molecule has 8 nitrogen and oxygen atoms in total. The van der Waals surface area contributed by atoms with Gasteiger partial charge >= 0.3 is 5.97 Å². The zero-order valence-electron chi connectivity index (χ0n) is 11.3. The van der Waals surface area contributed by atoms with Gasteiger partial charge in [0.25, 0.3) is 5.69 Å². The number of carbonyl (C=O) groups is 1. The maximum Gasteiger partial charge on any atom is 0.363 e. The van der Waals surface area contributed by atoms with E-state index in [9.17, 15) is 14.9 Å². The van der Waals surface area contributed by atoms with Gasteiger partial charge in [-0.2, -0.15) is 0 Å². The number of hydroxylamine groups is 1. The van der Waals surface area contributed by atoms with Crippen molar-refractivity contribution in [2.45, 2.75) is 0 Å². The second-order valence-electron chi connectivity index (χ2n) is 4.20. The van der Waals surface area contributed by atoms with Crippen molar-refractivity contribution in [3.8, 4) is 0 Å². The summed E-state index contributed by atoms with van der Waals surface area (Å²) in [4.78, 5) is 27.1. The molecule has 8 heteroatoms. The Hall–Kier alpha value is -3.42. The summed E-state index contributed by atoms with van der Waals surface area (Å²) in [5, 5.41) is 18.9. The fourth-order valence-corrected chi connectivity index (χ4v) is 1.66. The van der Waals surface area contributed by atoms with Gasteiger partial charge in [-0.1, -0.05) is 18.2 Å². The molecule has 0 aliphatic rings. The Morgan fingerprint density at radius 3 is 2.23 bits per heavy atom. The predicted molar refractivity (Wildman–Crippen MR) is 79.3 cm³/mol. The highest BCUT2D eigenvalue weighted by Crippen LogP contribution is 2.20. The molecule has 0 spiro atoms. The number of nitro benzene ring substituents is 1. The van der Waals surface area contributed by atoms with Crippen LogP contribution in [-0.4, -0.2) is 16.9 Å². The maximum atomic E-state index is 12.0. The van der Waals surface area contributed by atoms with Crippen LogP contribution in [0.2, 0.25) is 0 Å². The Balaban J connectivity index is 2.22. The van der Waals surface area contributed by atoms with Crippen molar-refractivity contribution in [3.63, 3.8) is 0 Å². The van der Waals surface area contributed by atoms with Crippen molar-refractivity contribution in [1.29, 1.82) is 5.41 Å². The molecule has 22 heavy (non-hydrogen) atoms. The van der Waals surface area contributed by atoms with Crippen LogP contribution >= 0.6 is 0 Å². The van der Waals surface area contributed by atoms with Gasteiger partial charge in [0, 0.05) is 12.1 Å². The summed E-state index contributed by atoms with van der Waals surface area (Å²) in [6.45, 7) is 0. The minimum absolute atomic E-state index is 0.123. The summed E-state index contributed by atoms with van der Waals surface area (Å²) in [7, 11) is 0. The van der Waals surface area contributed by atoms with E-state index in [1.165, 1.54) is 24.3 Å². The number of guanidine groups is 1. The maximum absolute atomic E-state index is 12.0. The first-order valence-electron chi connectivity index (χ1n) is 6.15. The van der Waals surface area contributed by atoms with Crippen LogP contribution in [0.3, 0.4) is 0 Å². The molecule has 0 aliphatic carbocycles. The highest BCUT2D eigenvalue weighted by atomic mass is 16.7. The van der Waals surface area contributed by atoms with Crippen LogP contribution in [0.5, 0.6) is 0 Å². The zero-order valence-corrected chi connectivity index (χ0v) is 11.3. The highest BCUT2D eigenvalue weighted by Gasteiger charge is 2.18. The lowest BCUT2D eigenvalue weighted by atomic mass is 10.2. The average molecular weight is 300 g/mol. The number of anilines is 1. The molecule has 0 saturated carbocycles. The monoisotopic (exact) mass is 300 g/mol. The van der Waals surface area contributed by atoms with Crippen molar-refractivity contribution < 1.29 is 14.6 Å². The summed E-state index contributed by atoms with van der Waals surface area (Å²) in [6.07, 6.45) is 0. The smallest absolute Gasteiger partial charge is 0.363 e. The summed E-state index contributed by atoms with van der Waals surface area (Å²) < 4.78 is 0. The predicted octanol–water partition coefficient (Wildman–Crippen LogP) is 2.07. The number of nitro groups is 1. The largest absolute Gasteiger partial charge is 0.367 e. The molecule has 0 aliphatic heterocycles. The molecule has 0 radical (unpaired) electrons. The molecule has 0 fully saturated rings. The van der Waals surface area contributed by atoms with E-state index in [0.717, 1.165) is 5.06 Å². The molecule has 0 aromatic heterocycles. The average Bonchev–Trinajstić information content (AvgIpc) is 2.53. The number of nitrogens with one attached hydrogen (secondary N) is 1. The third kappa shape index (κ3) is 3.37. The Morgan fingerprint density at radius 2 is 1.73 bits per heavy atom. The van der Waals surface area contributed by atoms with E-state index in [1.54, 1.807) is 30.3 Å². The normalized spacial score (nSPS) is 9.82.